The van der Waals surface area contributed by atoms with E-state index in [2.05, 4.69) is 15.3 Å². The fourth-order valence-corrected chi connectivity index (χ4v) is 2.94. The van der Waals surface area contributed by atoms with Gasteiger partial charge in [0, 0.05) is 20.2 Å². The summed E-state index contributed by atoms with van der Waals surface area (Å²) in [6, 6.07) is 8.06. The molecule has 0 saturated heterocycles. The van der Waals surface area contributed by atoms with E-state index in [1.165, 1.54) is 0 Å². The zero-order chi connectivity index (χ0) is 22.5. The number of benzene rings is 1. The number of rotatable bonds is 7. The van der Waals surface area contributed by atoms with E-state index in [-0.39, 0.29) is 18.2 Å². The molecule has 1 aromatic carbocycles. The molecule has 1 aromatic heterocycles. The fraction of sp³-hybridized carbons (Fsp3) is 0.421. The minimum atomic E-state index is -3.61. The summed E-state index contributed by atoms with van der Waals surface area (Å²) in [5, 5.41) is 7.70. The molecule has 0 aliphatic heterocycles. The van der Waals surface area contributed by atoms with Crippen LogP contribution in [0.15, 0.2) is 30.3 Å². The third-order valence-corrected chi connectivity index (χ3v) is 4.21. The summed E-state index contributed by atoms with van der Waals surface area (Å²) >= 11 is 0. The van der Waals surface area contributed by atoms with Gasteiger partial charge in [-0.25, -0.2) is 23.3 Å². The Hall–Kier alpha value is -2.92. The number of anilines is 1. The first-order valence-electron chi connectivity index (χ1n) is 9.10. The third-order valence-electron chi connectivity index (χ3n) is 3.47. The highest BCUT2D eigenvalue weighted by Gasteiger charge is 2.16. The minimum absolute atomic E-state index is 0.127. The zero-order valence-electron chi connectivity index (χ0n) is 17.7. The average Bonchev–Trinajstić information content (AvgIpc) is 2.59. The molecular weight excluding hydrogens is 410 g/mol. The van der Waals surface area contributed by atoms with Crippen LogP contribution in [0.2, 0.25) is 0 Å². The van der Waals surface area contributed by atoms with E-state index in [0.29, 0.717) is 23.0 Å². The summed E-state index contributed by atoms with van der Waals surface area (Å²) in [4.78, 5) is 22.3. The number of sulfonamides is 1. The second-order valence-corrected chi connectivity index (χ2v) is 9.41. The molecule has 11 heteroatoms. The van der Waals surface area contributed by atoms with Gasteiger partial charge in [0.1, 0.15) is 11.4 Å². The van der Waals surface area contributed by atoms with Crippen LogP contribution in [0.4, 0.5) is 10.7 Å². The first kappa shape index (κ1) is 23.4. The van der Waals surface area contributed by atoms with Gasteiger partial charge in [0.2, 0.25) is 21.9 Å². The zero-order valence-corrected chi connectivity index (χ0v) is 18.5. The maximum absolute atomic E-state index is 11.9. The van der Waals surface area contributed by atoms with Gasteiger partial charge in [-0.2, -0.15) is 4.98 Å². The average molecular weight is 438 g/mol. The van der Waals surface area contributed by atoms with Crippen LogP contribution in [-0.4, -0.2) is 44.2 Å². The molecule has 0 radical (unpaired) electrons. The van der Waals surface area contributed by atoms with Crippen molar-refractivity contribution in [2.24, 2.45) is 5.14 Å². The van der Waals surface area contributed by atoms with Crippen LogP contribution < -0.4 is 20.1 Å². The highest BCUT2D eigenvalue weighted by molar-refractivity contribution is 7.88. The van der Waals surface area contributed by atoms with Crippen molar-refractivity contribution < 1.29 is 22.7 Å². The third kappa shape index (κ3) is 8.21. The largest absolute Gasteiger partial charge is 0.444 e. The molecule has 164 valence electrons. The quantitative estimate of drug-likeness (QED) is 0.672. The van der Waals surface area contributed by atoms with E-state index < -0.39 is 21.7 Å². The molecule has 0 aliphatic rings. The molecule has 10 nitrogen and oxygen atoms in total. The van der Waals surface area contributed by atoms with Crippen LogP contribution in [0.25, 0.3) is 0 Å². The van der Waals surface area contributed by atoms with E-state index in [9.17, 15) is 13.2 Å². The molecule has 0 saturated carbocycles. The lowest BCUT2D eigenvalue weighted by Gasteiger charge is -2.20. The van der Waals surface area contributed by atoms with Gasteiger partial charge in [-0.1, -0.05) is 12.1 Å². The molecule has 1 heterocycles. The van der Waals surface area contributed by atoms with Crippen molar-refractivity contribution in [3.8, 4) is 11.6 Å². The SMILES string of the molecule is CN(C)c1nc(CNC(=O)OC(C)(C)C)cc(Oc2ccc(CS(N)(=O)=O)cc2)n1. The standard InChI is InChI=1S/C19H27N5O5S/c1-19(2,3)29-18(25)21-11-14-10-16(23-17(22-14)24(4)5)28-15-8-6-13(7-9-15)12-30(20,26)27/h6-10H,11-12H2,1-5H3,(H,21,25)(H2,20,26,27). The number of primary sulfonamides is 1. The summed E-state index contributed by atoms with van der Waals surface area (Å²) in [7, 11) is -0.0384. The number of hydrogen-bond donors (Lipinski definition) is 2. The maximum Gasteiger partial charge on any atom is 0.407 e. The Morgan fingerprint density at radius 1 is 1.17 bits per heavy atom. The number of hydrogen-bond acceptors (Lipinski definition) is 8. The number of carbonyl (C=O) groups excluding carboxylic acids is 1. The van der Waals surface area contributed by atoms with Gasteiger partial charge in [0.25, 0.3) is 0 Å². The van der Waals surface area contributed by atoms with Gasteiger partial charge < -0.3 is 19.7 Å². The van der Waals surface area contributed by atoms with Gasteiger partial charge in [-0.05, 0) is 38.5 Å². The number of ether oxygens (including phenoxy) is 2. The van der Waals surface area contributed by atoms with Crippen LogP contribution in [0.1, 0.15) is 32.0 Å². The summed E-state index contributed by atoms with van der Waals surface area (Å²) in [6.45, 7) is 5.46. The lowest BCUT2D eigenvalue weighted by molar-refractivity contribution is 0.0522. The predicted octanol–water partition coefficient (Wildman–Crippen LogP) is 2.15. The van der Waals surface area contributed by atoms with Crippen LogP contribution in [0, 0.1) is 0 Å². The van der Waals surface area contributed by atoms with Crippen molar-refractivity contribution in [1.29, 1.82) is 0 Å². The number of aromatic nitrogens is 2. The molecule has 1 amide bonds. The van der Waals surface area contributed by atoms with Crippen LogP contribution in [-0.2, 0) is 27.1 Å². The fourth-order valence-electron chi connectivity index (χ4n) is 2.29. The van der Waals surface area contributed by atoms with Gasteiger partial charge in [0.15, 0.2) is 0 Å². The molecule has 30 heavy (non-hydrogen) atoms. The molecule has 0 atom stereocenters. The Labute approximate surface area is 176 Å². The Kier molecular flexibility index (Phi) is 7.21. The molecule has 3 N–H and O–H groups in total. The van der Waals surface area contributed by atoms with E-state index >= 15 is 0 Å². The molecule has 0 unspecified atom stereocenters. The topological polar surface area (TPSA) is 137 Å². The molecule has 0 spiro atoms. The van der Waals surface area contributed by atoms with E-state index in [4.69, 9.17) is 14.6 Å². The monoisotopic (exact) mass is 437 g/mol. The van der Waals surface area contributed by atoms with Crippen molar-refractivity contribution in [2.45, 2.75) is 38.7 Å². The Morgan fingerprint density at radius 3 is 2.33 bits per heavy atom. The molecular formula is C19H27N5O5S. The molecule has 0 fully saturated rings. The number of nitrogens with one attached hydrogen (secondary N) is 1. The van der Waals surface area contributed by atoms with E-state index in [0.717, 1.165) is 0 Å². The Morgan fingerprint density at radius 2 is 1.80 bits per heavy atom. The number of amides is 1. The van der Waals surface area contributed by atoms with Gasteiger partial charge in [-0.15, -0.1) is 0 Å². The van der Waals surface area contributed by atoms with Crippen LogP contribution in [0.3, 0.4) is 0 Å². The summed E-state index contributed by atoms with van der Waals surface area (Å²) in [5.74, 6) is 0.877. The van der Waals surface area contributed by atoms with Gasteiger partial charge >= 0.3 is 6.09 Å². The lowest BCUT2D eigenvalue weighted by Crippen LogP contribution is -2.32. The van der Waals surface area contributed by atoms with Crippen molar-refractivity contribution in [1.82, 2.24) is 15.3 Å². The highest BCUT2D eigenvalue weighted by atomic mass is 32.2. The van der Waals surface area contributed by atoms with Crippen molar-refractivity contribution >= 4 is 22.1 Å². The second kappa shape index (κ2) is 9.26. The van der Waals surface area contributed by atoms with Gasteiger partial charge in [0.05, 0.1) is 18.0 Å². The molecule has 2 aromatic rings. The number of nitrogens with two attached hydrogens (primary N) is 1. The Balaban J connectivity index is 2.14. The summed E-state index contributed by atoms with van der Waals surface area (Å²) in [6.07, 6.45) is -0.555. The second-order valence-electron chi connectivity index (χ2n) is 7.80. The molecule has 0 bridgehead atoms. The van der Waals surface area contributed by atoms with E-state index in [1.807, 2.05) is 0 Å². The van der Waals surface area contributed by atoms with Crippen molar-refractivity contribution in [2.75, 3.05) is 19.0 Å². The van der Waals surface area contributed by atoms with Crippen LogP contribution >= 0.6 is 0 Å². The number of carbonyl (C=O) groups is 1. The smallest absolute Gasteiger partial charge is 0.407 e. The molecule has 0 aliphatic carbocycles. The minimum Gasteiger partial charge on any atom is -0.444 e. The number of nitrogens with zero attached hydrogens (tertiary/aromatic N) is 3. The maximum atomic E-state index is 11.9. The number of alkyl carbamates (subject to hydrolysis) is 1. The first-order chi connectivity index (χ1) is 13.8. The van der Waals surface area contributed by atoms with Crippen molar-refractivity contribution in [3.63, 3.8) is 0 Å². The summed E-state index contributed by atoms with van der Waals surface area (Å²) < 4.78 is 33.4. The van der Waals surface area contributed by atoms with Crippen molar-refractivity contribution in [3.05, 3.63) is 41.6 Å². The first-order valence-corrected chi connectivity index (χ1v) is 10.8. The normalized spacial score (nSPS) is 11.7. The predicted molar refractivity (Wildman–Crippen MR) is 113 cm³/mol. The van der Waals surface area contributed by atoms with E-state index in [1.54, 1.807) is 70.1 Å². The summed E-state index contributed by atoms with van der Waals surface area (Å²) in [5.41, 5.74) is 0.470. The van der Waals surface area contributed by atoms with Gasteiger partial charge in [-0.3, -0.25) is 0 Å². The highest BCUT2D eigenvalue weighted by Crippen LogP contribution is 2.23. The molecule has 2 rings (SSSR count). The van der Waals surface area contributed by atoms with Crippen LogP contribution in [0.5, 0.6) is 11.6 Å². The Bertz CT molecular complexity index is 985. The lowest BCUT2D eigenvalue weighted by atomic mass is 10.2.